The normalized spacial score (nSPS) is 19.0. The van der Waals surface area contributed by atoms with E-state index in [4.69, 9.17) is 5.73 Å². The van der Waals surface area contributed by atoms with Gasteiger partial charge >= 0.3 is 0 Å². The number of benzene rings is 1. The van der Waals surface area contributed by atoms with Crippen molar-refractivity contribution in [3.8, 4) is 0 Å². The summed E-state index contributed by atoms with van der Waals surface area (Å²) < 4.78 is 0. The van der Waals surface area contributed by atoms with Gasteiger partial charge in [0.15, 0.2) is 0 Å². The van der Waals surface area contributed by atoms with E-state index in [1.165, 1.54) is 5.56 Å². The second kappa shape index (κ2) is 5.54. The Morgan fingerprint density at radius 1 is 1.45 bits per heavy atom. The standard InChI is InChI=1S/C16H22N2O2/c17-8-1-2-15(19)13-5-6-14-12(10-13)7-9-18(14)16(20)11-3-4-11/h5-6,10-11,15,19H,1-4,7-9,17H2. The van der Waals surface area contributed by atoms with E-state index in [1.807, 2.05) is 17.0 Å². The van der Waals surface area contributed by atoms with Crippen LogP contribution in [0.3, 0.4) is 0 Å². The number of carbonyl (C=O) groups excluding carboxylic acids is 1. The lowest BCUT2D eigenvalue weighted by atomic mass is 10.0. The van der Waals surface area contributed by atoms with Gasteiger partial charge in [-0.25, -0.2) is 0 Å². The van der Waals surface area contributed by atoms with Crippen molar-refractivity contribution in [3.63, 3.8) is 0 Å². The molecule has 1 heterocycles. The first-order valence-corrected chi connectivity index (χ1v) is 7.53. The Morgan fingerprint density at radius 3 is 2.95 bits per heavy atom. The molecule has 20 heavy (non-hydrogen) atoms. The van der Waals surface area contributed by atoms with Crippen LogP contribution >= 0.6 is 0 Å². The van der Waals surface area contributed by atoms with Crippen LogP contribution in [0.4, 0.5) is 5.69 Å². The van der Waals surface area contributed by atoms with Crippen LogP contribution in [0.2, 0.25) is 0 Å². The molecule has 3 rings (SSSR count). The molecule has 108 valence electrons. The van der Waals surface area contributed by atoms with Crippen molar-refractivity contribution in [2.24, 2.45) is 11.7 Å². The summed E-state index contributed by atoms with van der Waals surface area (Å²) in [7, 11) is 0. The topological polar surface area (TPSA) is 66.6 Å². The van der Waals surface area contributed by atoms with Crippen LogP contribution in [0.25, 0.3) is 0 Å². The Morgan fingerprint density at radius 2 is 2.25 bits per heavy atom. The van der Waals surface area contributed by atoms with E-state index in [1.54, 1.807) is 0 Å². The smallest absolute Gasteiger partial charge is 0.230 e. The van der Waals surface area contributed by atoms with E-state index >= 15 is 0 Å². The minimum Gasteiger partial charge on any atom is -0.388 e. The number of nitrogens with zero attached hydrogens (tertiary/aromatic N) is 1. The summed E-state index contributed by atoms with van der Waals surface area (Å²) >= 11 is 0. The maximum atomic E-state index is 12.2. The summed E-state index contributed by atoms with van der Waals surface area (Å²) in [6.45, 7) is 1.39. The van der Waals surface area contributed by atoms with Crippen LogP contribution in [0.1, 0.15) is 42.9 Å². The number of aliphatic hydroxyl groups excluding tert-OH is 1. The van der Waals surface area contributed by atoms with Crippen LogP contribution < -0.4 is 10.6 Å². The fourth-order valence-corrected chi connectivity index (χ4v) is 2.89. The number of nitrogens with two attached hydrogens (primary N) is 1. The Hall–Kier alpha value is -1.39. The van der Waals surface area contributed by atoms with Crippen molar-refractivity contribution in [1.82, 2.24) is 0 Å². The highest BCUT2D eigenvalue weighted by molar-refractivity contribution is 5.98. The van der Waals surface area contributed by atoms with Crippen molar-refractivity contribution in [3.05, 3.63) is 29.3 Å². The number of aliphatic hydroxyl groups is 1. The SMILES string of the molecule is NCCCC(O)c1ccc2c(c1)CCN2C(=O)C1CC1. The lowest BCUT2D eigenvalue weighted by Crippen LogP contribution is -2.30. The predicted octanol–water partition coefficient (Wildman–Crippen LogP) is 1.76. The van der Waals surface area contributed by atoms with Gasteiger partial charge in [-0.2, -0.15) is 0 Å². The minimum atomic E-state index is -0.447. The molecule has 1 aliphatic heterocycles. The van der Waals surface area contributed by atoms with E-state index in [0.717, 1.165) is 43.5 Å². The van der Waals surface area contributed by atoms with Gasteiger partial charge in [0.2, 0.25) is 5.91 Å². The van der Waals surface area contributed by atoms with Crippen LogP contribution in [-0.2, 0) is 11.2 Å². The molecule has 1 atom stereocenters. The van der Waals surface area contributed by atoms with Gasteiger partial charge in [0.25, 0.3) is 0 Å². The van der Waals surface area contributed by atoms with Gasteiger partial charge < -0.3 is 15.7 Å². The largest absolute Gasteiger partial charge is 0.388 e. The van der Waals surface area contributed by atoms with E-state index in [-0.39, 0.29) is 11.8 Å². The summed E-state index contributed by atoms with van der Waals surface area (Å²) in [4.78, 5) is 14.1. The molecule has 1 saturated carbocycles. The molecular formula is C16H22N2O2. The van der Waals surface area contributed by atoms with Gasteiger partial charge in [-0.05, 0) is 55.8 Å². The van der Waals surface area contributed by atoms with Gasteiger partial charge in [-0.1, -0.05) is 12.1 Å². The molecule has 0 bridgehead atoms. The molecule has 1 aliphatic carbocycles. The number of anilines is 1. The van der Waals surface area contributed by atoms with Crippen molar-refractivity contribution in [1.29, 1.82) is 0 Å². The number of amides is 1. The molecule has 4 heteroatoms. The lowest BCUT2D eigenvalue weighted by Gasteiger charge is -2.18. The Balaban J connectivity index is 1.75. The summed E-state index contributed by atoms with van der Waals surface area (Å²) in [6.07, 6.45) is 4.05. The number of hydrogen-bond acceptors (Lipinski definition) is 3. The predicted molar refractivity (Wildman–Crippen MR) is 78.5 cm³/mol. The zero-order valence-electron chi connectivity index (χ0n) is 11.7. The Bertz CT molecular complexity index is 511. The maximum Gasteiger partial charge on any atom is 0.230 e. The van der Waals surface area contributed by atoms with Crippen LogP contribution in [0.15, 0.2) is 18.2 Å². The number of carbonyl (C=O) groups is 1. The summed E-state index contributed by atoms with van der Waals surface area (Å²) in [6, 6.07) is 5.98. The Kier molecular flexibility index (Phi) is 3.76. The second-order valence-corrected chi connectivity index (χ2v) is 5.85. The lowest BCUT2D eigenvalue weighted by molar-refractivity contribution is -0.119. The molecule has 1 unspecified atom stereocenters. The van der Waals surface area contributed by atoms with E-state index in [2.05, 4.69) is 6.07 Å². The van der Waals surface area contributed by atoms with Crippen LogP contribution in [0.5, 0.6) is 0 Å². The molecule has 1 fully saturated rings. The minimum absolute atomic E-state index is 0.260. The van der Waals surface area contributed by atoms with Gasteiger partial charge in [-0.3, -0.25) is 4.79 Å². The van der Waals surface area contributed by atoms with Gasteiger partial charge in [0, 0.05) is 18.2 Å². The van der Waals surface area contributed by atoms with Gasteiger partial charge in [0.05, 0.1) is 6.10 Å². The summed E-state index contributed by atoms with van der Waals surface area (Å²) in [5, 5.41) is 10.1. The molecule has 0 saturated heterocycles. The fraction of sp³-hybridized carbons (Fsp3) is 0.562. The fourth-order valence-electron chi connectivity index (χ4n) is 2.89. The third kappa shape index (κ3) is 2.58. The zero-order chi connectivity index (χ0) is 14.1. The number of hydrogen-bond donors (Lipinski definition) is 2. The first kappa shape index (κ1) is 13.6. The first-order chi connectivity index (χ1) is 9.70. The van der Waals surface area contributed by atoms with Crippen molar-refractivity contribution in [2.75, 3.05) is 18.0 Å². The van der Waals surface area contributed by atoms with Crippen LogP contribution in [-0.4, -0.2) is 24.1 Å². The average Bonchev–Trinajstić information content (AvgIpc) is 3.23. The molecule has 1 aromatic rings. The van der Waals surface area contributed by atoms with E-state index in [0.29, 0.717) is 13.0 Å². The third-order valence-electron chi connectivity index (χ3n) is 4.26. The summed E-state index contributed by atoms with van der Waals surface area (Å²) in [5.74, 6) is 0.538. The van der Waals surface area contributed by atoms with Crippen molar-refractivity contribution < 1.29 is 9.90 Å². The van der Waals surface area contributed by atoms with Crippen molar-refractivity contribution in [2.45, 2.75) is 38.2 Å². The molecule has 0 spiro atoms. The molecule has 1 amide bonds. The highest BCUT2D eigenvalue weighted by atomic mass is 16.3. The molecule has 0 aromatic heterocycles. The monoisotopic (exact) mass is 274 g/mol. The van der Waals surface area contributed by atoms with Gasteiger partial charge in [0.1, 0.15) is 0 Å². The van der Waals surface area contributed by atoms with Crippen molar-refractivity contribution >= 4 is 11.6 Å². The van der Waals surface area contributed by atoms with Crippen LogP contribution in [0, 0.1) is 5.92 Å². The number of fused-ring (bicyclic) bond motifs is 1. The quantitative estimate of drug-likeness (QED) is 0.859. The molecule has 2 aliphatic rings. The average molecular weight is 274 g/mol. The highest BCUT2D eigenvalue weighted by Crippen LogP contribution is 2.37. The molecule has 3 N–H and O–H groups in total. The van der Waals surface area contributed by atoms with E-state index < -0.39 is 6.10 Å². The molecule has 1 aromatic carbocycles. The van der Waals surface area contributed by atoms with E-state index in [9.17, 15) is 9.90 Å². The first-order valence-electron chi connectivity index (χ1n) is 7.53. The zero-order valence-corrected chi connectivity index (χ0v) is 11.7. The summed E-state index contributed by atoms with van der Waals surface area (Å²) in [5.41, 5.74) is 8.64. The second-order valence-electron chi connectivity index (χ2n) is 5.85. The molecular weight excluding hydrogens is 252 g/mol. The third-order valence-corrected chi connectivity index (χ3v) is 4.26. The maximum absolute atomic E-state index is 12.2. The van der Waals surface area contributed by atoms with Gasteiger partial charge in [-0.15, -0.1) is 0 Å². The highest BCUT2D eigenvalue weighted by Gasteiger charge is 2.36. The number of rotatable bonds is 5. The Labute approximate surface area is 119 Å². The molecule has 0 radical (unpaired) electrons. The molecule has 4 nitrogen and oxygen atoms in total.